The first-order valence-corrected chi connectivity index (χ1v) is 6.33. The van der Waals surface area contributed by atoms with Crippen LogP contribution in [0.4, 0.5) is 0 Å². The van der Waals surface area contributed by atoms with Crippen molar-refractivity contribution >= 4 is 10.0 Å². The second-order valence-electron chi connectivity index (χ2n) is 3.43. The van der Waals surface area contributed by atoms with Gasteiger partial charge in [-0.2, -0.15) is 5.10 Å². The summed E-state index contributed by atoms with van der Waals surface area (Å²) >= 11 is 0. The summed E-state index contributed by atoms with van der Waals surface area (Å²) in [6, 6.07) is 1.62. The third kappa shape index (κ3) is 2.04. The topological polar surface area (TPSA) is 76.0 Å². The number of nitrogens with zero attached hydrogens (tertiary/aromatic N) is 2. The molecule has 0 amide bonds. The number of sulfonamides is 1. The van der Waals surface area contributed by atoms with Gasteiger partial charge in [-0.3, -0.25) is 4.68 Å². The van der Waals surface area contributed by atoms with Crippen LogP contribution >= 0.6 is 0 Å². The van der Waals surface area contributed by atoms with Crippen LogP contribution in [0.2, 0.25) is 0 Å². The zero-order chi connectivity index (χ0) is 10.9. The molecule has 0 bridgehead atoms. The van der Waals surface area contributed by atoms with Gasteiger partial charge in [-0.05, 0) is 20.0 Å². The van der Waals surface area contributed by atoms with Gasteiger partial charge in [0.2, 0.25) is 0 Å². The average Bonchev–Trinajstić information content (AvgIpc) is 2.51. The van der Waals surface area contributed by atoms with Crippen molar-refractivity contribution in [1.29, 1.82) is 0 Å². The highest BCUT2D eigenvalue weighted by Gasteiger charge is 2.19. The molecule has 0 fully saturated rings. The normalized spacial score (nSPS) is 17.1. The lowest BCUT2D eigenvalue weighted by atomic mass is 10.4. The van der Waals surface area contributed by atoms with Crippen molar-refractivity contribution in [2.75, 3.05) is 13.6 Å². The molecule has 0 spiro atoms. The van der Waals surface area contributed by atoms with Crippen LogP contribution < -0.4 is 10.0 Å². The fourth-order valence-electron chi connectivity index (χ4n) is 1.57. The Morgan fingerprint density at radius 2 is 2.40 bits per heavy atom. The minimum Gasteiger partial charge on any atom is -0.311 e. The molecule has 0 atom stereocenters. The maximum atomic E-state index is 11.5. The Bertz CT molecular complexity index is 428. The quantitative estimate of drug-likeness (QED) is 0.703. The average molecular weight is 230 g/mol. The number of aromatic nitrogens is 2. The third-order valence-electron chi connectivity index (χ3n) is 2.41. The van der Waals surface area contributed by atoms with E-state index in [0.717, 1.165) is 25.2 Å². The summed E-state index contributed by atoms with van der Waals surface area (Å²) in [6.45, 7) is 2.38. The number of aryl methyl sites for hydroxylation is 1. The van der Waals surface area contributed by atoms with Gasteiger partial charge >= 0.3 is 0 Å². The SMILES string of the molecule is CNS(=O)(=O)c1cc2n(n1)CCCNC2. The second kappa shape index (κ2) is 3.92. The Labute approximate surface area is 88.7 Å². The van der Waals surface area contributed by atoms with E-state index in [4.69, 9.17) is 0 Å². The van der Waals surface area contributed by atoms with Crippen molar-refractivity contribution in [3.05, 3.63) is 11.8 Å². The summed E-state index contributed by atoms with van der Waals surface area (Å²) in [7, 11) is -2.03. The van der Waals surface area contributed by atoms with E-state index in [2.05, 4.69) is 15.1 Å². The number of hydrogen-bond donors (Lipinski definition) is 2. The molecule has 0 aliphatic carbocycles. The molecular formula is C8H14N4O2S. The predicted molar refractivity (Wildman–Crippen MR) is 54.8 cm³/mol. The van der Waals surface area contributed by atoms with Crippen LogP contribution in [-0.2, 0) is 23.1 Å². The van der Waals surface area contributed by atoms with Gasteiger partial charge in [0.25, 0.3) is 10.0 Å². The van der Waals surface area contributed by atoms with Gasteiger partial charge in [0.1, 0.15) is 0 Å². The molecule has 6 nitrogen and oxygen atoms in total. The first kappa shape index (κ1) is 10.6. The summed E-state index contributed by atoms with van der Waals surface area (Å²) in [5.41, 5.74) is 0.918. The Morgan fingerprint density at radius 3 is 3.13 bits per heavy atom. The van der Waals surface area contributed by atoms with E-state index in [-0.39, 0.29) is 5.03 Å². The Balaban J connectivity index is 2.38. The first-order valence-electron chi connectivity index (χ1n) is 4.84. The summed E-state index contributed by atoms with van der Waals surface area (Å²) in [6.07, 6.45) is 0.966. The first-order chi connectivity index (χ1) is 7.13. The molecule has 2 N–H and O–H groups in total. The molecule has 84 valence electrons. The van der Waals surface area contributed by atoms with Gasteiger partial charge in [-0.25, -0.2) is 13.1 Å². The molecule has 0 unspecified atom stereocenters. The lowest BCUT2D eigenvalue weighted by molar-refractivity contribution is 0.556. The van der Waals surface area contributed by atoms with E-state index < -0.39 is 10.0 Å². The summed E-state index contributed by atoms with van der Waals surface area (Å²) in [4.78, 5) is 0. The van der Waals surface area contributed by atoms with Crippen molar-refractivity contribution in [3.63, 3.8) is 0 Å². The number of rotatable bonds is 2. The maximum Gasteiger partial charge on any atom is 0.259 e. The lowest BCUT2D eigenvalue weighted by Crippen LogP contribution is -2.19. The highest BCUT2D eigenvalue weighted by molar-refractivity contribution is 7.89. The van der Waals surface area contributed by atoms with Gasteiger partial charge in [0.05, 0.1) is 5.69 Å². The van der Waals surface area contributed by atoms with Crippen LogP contribution in [0.5, 0.6) is 0 Å². The standard InChI is InChI=1S/C8H14N4O2S/c1-9-15(13,14)8-5-7-6-10-3-2-4-12(7)11-8/h5,9-10H,2-4,6H2,1H3. The second-order valence-corrected chi connectivity index (χ2v) is 5.27. The van der Waals surface area contributed by atoms with E-state index >= 15 is 0 Å². The van der Waals surface area contributed by atoms with Gasteiger partial charge in [0.15, 0.2) is 5.03 Å². The molecule has 15 heavy (non-hydrogen) atoms. The van der Waals surface area contributed by atoms with Crippen molar-refractivity contribution in [2.45, 2.75) is 24.5 Å². The third-order valence-corrected chi connectivity index (χ3v) is 3.70. The van der Waals surface area contributed by atoms with Crippen LogP contribution in [0.25, 0.3) is 0 Å². The monoisotopic (exact) mass is 230 g/mol. The highest BCUT2D eigenvalue weighted by Crippen LogP contribution is 2.12. The van der Waals surface area contributed by atoms with Crippen LogP contribution in [0, 0.1) is 0 Å². The Hall–Kier alpha value is -0.920. The van der Waals surface area contributed by atoms with Crippen molar-refractivity contribution in [1.82, 2.24) is 19.8 Å². The minimum absolute atomic E-state index is 0.101. The van der Waals surface area contributed by atoms with Crippen LogP contribution in [-0.4, -0.2) is 31.8 Å². The van der Waals surface area contributed by atoms with E-state index in [1.54, 1.807) is 10.7 Å². The molecule has 0 saturated heterocycles. The molecule has 0 radical (unpaired) electrons. The van der Waals surface area contributed by atoms with Gasteiger partial charge < -0.3 is 5.32 Å². The minimum atomic E-state index is -3.41. The number of fused-ring (bicyclic) bond motifs is 1. The van der Waals surface area contributed by atoms with Crippen LogP contribution in [0.15, 0.2) is 11.1 Å². The Morgan fingerprint density at radius 1 is 1.60 bits per heavy atom. The number of nitrogens with one attached hydrogen (secondary N) is 2. The molecule has 1 aliphatic heterocycles. The van der Waals surface area contributed by atoms with Crippen molar-refractivity contribution < 1.29 is 8.42 Å². The van der Waals surface area contributed by atoms with Crippen LogP contribution in [0.1, 0.15) is 12.1 Å². The lowest BCUT2D eigenvalue weighted by Gasteiger charge is -1.99. The summed E-state index contributed by atoms with van der Waals surface area (Å²) in [5, 5.41) is 7.39. The fraction of sp³-hybridized carbons (Fsp3) is 0.625. The maximum absolute atomic E-state index is 11.5. The summed E-state index contributed by atoms with van der Waals surface area (Å²) < 4.78 is 27.0. The highest BCUT2D eigenvalue weighted by atomic mass is 32.2. The smallest absolute Gasteiger partial charge is 0.259 e. The molecule has 7 heteroatoms. The van der Waals surface area contributed by atoms with Gasteiger partial charge in [-0.15, -0.1) is 0 Å². The van der Waals surface area contributed by atoms with Gasteiger partial charge in [-0.1, -0.05) is 0 Å². The molecule has 1 aliphatic rings. The Kier molecular flexibility index (Phi) is 2.76. The fourth-order valence-corrected chi connectivity index (χ4v) is 2.28. The predicted octanol–water partition coefficient (Wildman–Crippen LogP) is -0.715. The van der Waals surface area contributed by atoms with E-state index in [0.29, 0.717) is 6.54 Å². The van der Waals surface area contributed by atoms with E-state index in [1.807, 2.05) is 0 Å². The molecule has 1 aromatic heterocycles. The van der Waals surface area contributed by atoms with E-state index in [9.17, 15) is 8.42 Å². The molecular weight excluding hydrogens is 216 g/mol. The van der Waals surface area contributed by atoms with Gasteiger partial charge in [0, 0.05) is 19.2 Å². The zero-order valence-corrected chi connectivity index (χ0v) is 9.34. The van der Waals surface area contributed by atoms with Crippen molar-refractivity contribution in [2.24, 2.45) is 0 Å². The van der Waals surface area contributed by atoms with Crippen LogP contribution in [0.3, 0.4) is 0 Å². The molecule has 1 aromatic rings. The molecule has 0 aromatic carbocycles. The summed E-state index contributed by atoms with van der Waals surface area (Å²) in [5.74, 6) is 0. The van der Waals surface area contributed by atoms with E-state index in [1.165, 1.54) is 7.05 Å². The number of hydrogen-bond acceptors (Lipinski definition) is 4. The molecule has 0 saturated carbocycles. The molecule has 2 heterocycles. The largest absolute Gasteiger partial charge is 0.311 e. The van der Waals surface area contributed by atoms with Crippen molar-refractivity contribution in [3.8, 4) is 0 Å². The zero-order valence-electron chi connectivity index (χ0n) is 8.52. The molecule has 2 rings (SSSR count).